The van der Waals surface area contributed by atoms with Crippen LogP contribution in [0, 0.1) is 6.92 Å². The summed E-state index contributed by atoms with van der Waals surface area (Å²) in [6.45, 7) is 8.40. The lowest BCUT2D eigenvalue weighted by molar-refractivity contribution is -0.116. The molecule has 0 saturated carbocycles. The third-order valence-electron chi connectivity index (χ3n) is 4.82. The minimum Gasteiger partial charge on any atom is -0.300 e. The summed E-state index contributed by atoms with van der Waals surface area (Å²) in [5, 5.41) is 14.8. The van der Waals surface area contributed by atoms with Gasteiger partial charge >= 0.3 is 0 Å². The summed E-state index contributed by atoms with van der Waals surface area (Å²) in [7, 11) is 0. The average molecular weight is 454 g/mol. The van der Waals surface area contributed by atoms with E-state index in [-0.39, 0.29) is 29.8 Å². The number of rotatable bonds is 5. The molecule has 1 amide bonds. The van der Waals surface area contributed by atoms with Crippen molar-refractivity contribution in [1.82, 2.24) is 19.7 Å². The van der Waals surface area contributed by atoms with E-state index in [1.165, 1.54) is 33.6 Å². The molecule has 0 aliphatic heterocycles. The molecule has 0 aliphatic rings. The first kappa shape index (κ1) is 21.3. The fourth-order valence-electron chi connectivity index (χ4n) is 3.05. The van der Waals surface area contributed by atoms with Gasteiger partial charge in [-0.25, -0.2) is 4.98 Å². The summed E-state index contributed by atoms with van der Waals surface area (Å²) in [4.78, 5) is 30.6. The van der Waals surface area contributed by atoms with Gasteiger partial charge in [0.25, 0.3) is 5.56 Å². The van der Waals surface area contributed by atoms with Crippen LogP contribution in [0.4, 0.5) is 5.13 Å². The van der Waals surface area contributed by atoms with Crippen LogP contribution < -0.4 is 10.9 Å². The lowest BCUT2D eigenvalue weighted by Crippen LogP contribution is -2.23. The summed E-state index contributed by atoms with van der Waals surface area (Å²) in [5.74, 6) is -0.215. The molecule has 0 unspecified atom stereocenters. The summed E-state index contributed by atoms with van der Waals surface area (Å²) in [5.41, 5.74) is 2.76. The maximum atomic E-state index is 13.1. The Morgan fingerprint density at radius 1 is 1.16 bits per heavy atom. The number of anilines is 1. The second kappa shape index (κ2) is 8.32. The van der Waals surface area contributed by atoms with Crippen molar-refractivity contribution in [2.75, 3.05) is 5.32 Å². The molecular weight excluding hydrogens is 430 g/mol. The molecule has 0 saturated heterocycles. The largest absolute Gasteiger partial charge is 0.300 e. The van der Waals surface area contributed by atoms with Crippen molar-refractivity contribution in [2.45, 2.75) is 46.1 Å². The van der Waals surface area contributed by atoms with Gasteiger partial charge in [0.1, 0.15) is 9.84 Å². The van der Waals surface area contributed by atoms with Gasteiger partial charge in [-0.05, 0) is 12.5 Å². The predicted molar refractivity (Wildman–Crippen MR) is 126 cm³/mol. The van der Waals surface area contributed by atoms with Crippen LogP contribution >= 0.6 is 22.7 Å². The minimum atomic E-state index is -0.215. The van der Waals surface area contributed by atoms with E-state index in [1.807, 2.05) is 57.3 Å². The summed E-state index contributed by atoms with van der Waals surface area (Å²) in [6, 6.07) is 8.07. The number of aromatic nitrogens is 4. The van der Waals surface area contributed by atoms with Crippen LogP contribution in [0.2, 0.25) is 0 Å². The Balaban J connectivity index is 1.51. The van der Waals surface area contributed by atoms with Gasteiger partial charge < -0.3 is 5.32 Å². The number of hydrogen-bond donors (Lipinski definition) is 1. The molecule has 1 N–H and O–H groups in total. The highest BCUT2D eigenvalue weighted by Gasteiger charge is 2.20. The molecule has 4 rings (SSSR count). The fourth-order valence-corrected chi connectivity index (χ4v) is 4.78. The monoisotopic (exact) mass is 453 g/mol. The summed E-state index contributed by atoms with van der Waals surface area (Å²) in [6.07, 6.45) is 1.65. The first-order valence-electron chi connectivity index (χ1n) is 9.90. The first-order chi connectivity index (χ1) is 14.7. The van der Waals surface area contributed by atoms with Crippen LogP contribution in [0.5, 0.6) is 0 Å². The number of carbonyl (C=O) groups is 1. The van der Waals surface area contributed by atoms with Crippen LogP contribution in [0.1, 0.15) is 37.8 Å². The third-order valence-corrected chi connectivity index (χ3v) is 6.97. The van der Waals surface area contributed by atoms with Crippen molar-refractivity contribution in [3.63, 3.8) is 0 Å². The number of aryl methyl sites for hydroxylation is 2. The van der Waals surface area contributed by atoms with E-state index in [2.05, 4.69) is 20.5 Å². The summed E-state index contributed by atoms with van der Waals surface area (Å²) < 4.78 is 1.49. The molecule has 3 aromatic heterocycles. The predicted octanol–water partition coefficient (Wildman–Crippen LogP) is 4.61. The zero-order chi connectivity index (χ0) is 22.2. The zero-order valence-corrected chi connectivity index (χ0v) is 19.4. The Hall–Kier alpha value is -2.91. The van der Waals surface area contributed by atoms with E-state index in [0.717, 1.165) is 21.7 Å². The molecule has 0 radical (unpaired) electrons. The van der Waals surface area contributed by atoms with Crippen molar-refractivity contribution in [1.29, 1.82) is 0 Å². The van der Waals surface area contributed by atoms with E-state index in [4.69, 9.17) is 0 Å². The fraction of sp³-hybridized carbons (Fsp3) is 0.318. The number of hydrogen-bond acceptors (Lipinski definition) is 7. The van der Waals surface area contributed by atoms with E-state index in [0.29, 0.717) is 15.3 Å². The van der Waals surface area contributed by atoms with Gasteiger partial charge in [-0.1, -0.05) is 61.9 Å². The number of nitrogens with one attached hydrogen (secondary N) is 1. The van der Waals surface area contributed by atoms with Crippen molar-refractivity contribution >= 4 is 43.9 Å². The SMILES string of the molecule is Cc1ccc(-c2csc3ncn(CCC(=O)Nc4nnc(C(C)(C)C)s4)c(=O)c23)cc1. The van der Waals surface area contributed by atoms with Crippen molar-refractivity contribution in [3.8, 4) is 11.1 Å². The van der Waals surface area contributed by atoms with Gasteiger partial charge in [0.15, 0.2) is 0 Å². The van der Waals surface area contributed by atoms with E-state index in [9.17, 15) is 9.59 Å². The maximum absolute atomic E-state index is 13.1. The quantitative estimate of drug-likeness (QED) is 0.477. The first-order valence-corrected chi connectivity index (χ1v) is 11.6. The van der Waals surface area contributed by atoms with Crippen molar-refractivity contribution < 1.29 is 4.79 Å². The lowest BCUT2D eigenvalue weighted by atomic mass is 9.98. The van der Waals surface area contributed by atoms with Crippen LogP contribution in [-0.2, 0) is 16.8 Å². The van der Waals surface area contributed by atoms with E-state index < -0.39 is 0 Å². The van der Waals surface area contributed by atoms with Crippen LogP contribution in [0.15, 0.2) is 40.8 Å². The Morgan fingerprint density at radius 3 is 2.58 bits per heavy atom. The maximum Gasteiger partial charge on any atom is 0.262 e. The standard InChI is InChI=1S/C22H23N5O2S2/c1-13-5-7-14(8-6-13)15-11-30-18-17(15)19(29)27(12-23-18)10-9-16(28)24-21-26-25-20(31-21)22(2,3)4/h5-8,11-12H,9-10H2,1-4H3,(H,24,26,28). The molecule has 0 aliphatic carbocycles. The molecular formula is C22H23N5O2S2. The van der Waals surface area contributed by atoms with Gasteiger partial charge in [0.2, 0.25) is 11.0 Å². The Labute approximate surface area is 187 Å². The van der Waals surface area contributed by atoms with Crippen LogP contribution in [-0.4, -0.2) is 25.7 Å². The molecule has 0 atom stereocenters. The Kier molecular flexibility index (Phi) is 5.72. The molecule has 4 aromatic rings. The van der Waals surface area contributed by atoms with Crippen LogP contribution in [0.25, 0.3) is 21.3 Å². The van der Waals surface area contributed by atoms with Crippen molar-refractivity contribution in [2.24, 2.45) is 0 Å². The number of carbonyl (C=O) groups excluding carboxylic acids is 1. The molecule has 0 bridgehead atoms. The number of amides is 1. The molecule has 1 aromatic carbocycles. The second-order valence-corrected chi connectivity index (χ2v) is 10.2. The number of fused-ring (bicyclic) bond motifs is 1. The summed E-state index contributed by atoms with van der Waals surface area (Å²) >= 11 is 2.81. The molecule has 160 valence electrons. The van der Waals surface area contributed by atoms with Gasteiger partial charge in [0.05, 0.1) is 11.7 Å². The number of nitrogens with zero attached hydrogens (tertiary/aromatic N) is 4. The Bertz CT molecular complexity index is 1300. The average Bonchev–Trinajstić information content (AvgIpc) is 3.35. The zero-order valence-electron chi connectivity index (χ0n) is 17.8. The highest BCUT2D eigenvalue weighted by atomic mass is 32.1. The normalized spacial score (nSPS) is 11.7. The highest BCUT2D eigenvalue weighted by Crippen LogP contribution is 2.31. The molecule has 9 heteroatoms. The topological polar surface area (TPSA) is 89.8 Å². The Morgan fingerprint density at radius 2 is 1.90 bits per heavy atom. The van der Waals surface area contributed by atoms with Gasteiger partial charge in [0, 0.05) is 29.3 Å². The molecule has 0 spiro atoms. The van der Waals surface area contributed by atoms with Gasteiger partial charge in [-0.2, -0.15) is 0 Å². The minimum absolute atomic E-state index is 0.120. The number of thiophene rings is 1. The van der Waals surface area contributed by atoms with Gasteiger partial charge in [-0.15, -0.1) is 21.5 Å². The molecule has 7 nitrogen and oxygen atoms in total. The second-order valence-electron chi connectivity index (χ2n) is 8.40. The van der Waals surface area contributed by atoms with E-state index >= 15 is 0 Å². The molecule has 3 heterocycles. The third kappa shape index (κ3) is 4.57. The molecule has 0 fully saturated rings. The van der Waals surface area contributed by atoms with E-state index in [1.54, 1.807) is 0 Å². The lowest BCUT2D eigenvalue weighted by Gasteiger charge is -2.12. The van der Waals surface area contributed by atoms with Crippen LogP contribution in [0.3, 0.4) is 0 Å². The smallest absolute Gasteiger partial charge is 0.262 e. The van der Waals surface area contributed by atoms with Gasteiger partial charge in [-0.3, -0.25) is 14.2 Å². The van der Waals surface area contributed by atoms with Crippen molar-refractivity contribution in [3.05, 3.63) is 56.9 Å². The molecule has 31 heavy (non-hydrogen) atoms. The highest BCUT2D eigenvalue weighted by molar-refractivity contribution is 7.17. The number of benzene rings is 1.